The predicted molar refractivity (Wildman–Crippen MR) is 462 cm³/mol. The quantitative estimate of drug-likeness (QED) is 0.127. The van der Waals surface area contributed by atoms with Crippen LogP contribution in [-0.2, 0) is 26.2 Å². The molecule has 0 unspecified atom stereocenters. The summed E-state index contributed by atoms with van der Waals surface area (Å²) in [6.07, 6.45) is 1.25. The van der Waals surface area contributed by atoms with Gasteiger partial charge < -0.3 is 14.5 Å². The van der Waals surface area contributed by atoms with Crippen molar-refractivity contribution in [2.24, 2.45) is 0 Å². The summed E-state index contributed by atoms with van der Waals surface area (Å²) >= 11 is 0. The van der Waals surface area contributed by atoms with Crippen LogP contribution < -0.4 is 39.6 Å². The van der Waals surface area contributed by atoms with Crippen LogP contribution in [0.2, 0.25) is 0 Å². The molecule has 26 nitrogen and oxygen atoms in total. The van der Waals surface area contributed by atoms with Gasteiger partial charge in [-0.15, -0.1) is 0 Å². The first kappa shape index (κ1) is 68.4. The minimum atomic E-state index is -0.677. The summed E-state index contributed by atoms with van der Waals surface area (Å²) in [7, 11) is 0. The minimum Gasteiger partial charge on any atom is -0.336 e. The molecule has 0 aliphatic rings. The lowest BCUT2D eigenvalue weighted by Crippen LogP contribution is -2.30. The zero-order chi connectivity index (χ0) is 79.1. The summed E-state index contributed by atoms with van der Waals surface area (Å²) in [4.78, 5) is 130. The van der Waals surface area contributed by atoms with E-state index in [1.807, 2.05) is 278 Å². The van der Waals surface area contributed by atoms with Crippen LogP contribution in [0, 0.1) is 0 Å². The average Bonchev–Trinajstić information content (AvgIpc) is 1.47. The van der Waals surface area contributed by atoms with E-state index in [-0.39, 0.29) is 39.5 Å². The number of nitrogens with one attached hydrogen (secondary N) is 3. The highest BCUT2D eigenvalue weighted by Crippen LogP contribution is 2.37. The number of para-hydroxylation sites is 15. The molecule has 0 amide bonds. The molecule has 12 heterocycles. The molecule has 118 heavy (non-hydrogen) atoms. The van der Waals surface area contributed by atoms with E-state index in [0.717, 1.165) is 131 Å². The van der Waals surface area contributed by atoms with Crippen molar-refractivity contribution >= 4 is 182 Å². The zero-order valence-corrected chi connectivity index (χ0v) is 62.3. The van der Waals surface area contributed by atoms with Gasteiger partial charge in [0.2, 0.25) is 5.78 Å². The molecular formula is C92H61N19O7. The number of H-pyrrole nitrogens is 3. The minimum absolute atomic E-state index is 0.111. The number of fused-ring (bicyclic) bond motifs is 29. The monoisotopic (exact) mass is 1540 g/mol. The van der Waals surface area contributed by atoms with Gasteiger partial charge in [-0.3, -0.25) is 32.7 Å². The highest BCUT2D eigenvalue weighted by molar-refractivity contribution is 6.28. The van der Waals surface area contributed by atoms with Gasteiger partial charge in [0.05, 0.1) is 99.2 Å². The molecule has 0 fully saturated rings. The van der Waals surface area contributed by atoms with Crippen molar-refractivity contribution < 1.29 is 0 Å². The summed E-state index contributed by atoms with van der Waals surface area (Å²) in [5.74, 6) is 0.605. The third-order valence-corrected chi connectivity index (χ3v) is 22.4. The fraction of sp³-hybridized carbons (Fsp3) is 0.0652. The van der Waals surface area contributed by atoms with Gasteiger partial charge in [0.1, 0.15) is 0 Å². The van der Waals surface area contributed by atoms with Crippen molar-refractivity contribution in [1.29, 1.82) is 0 Å². The van der Waals surface area contributed by atoms with Crippen LogP contribution in [0.1, 0.15) is 12.8 Å². The van der Waals surface area contributed by atoms with Crippen molar-refractivity contribution in [2.45, 2.75) is 39.0 Å². The number of nitrogens with zero attached hydrogens (tertiary/aromatic N) is 16. The second kappa shape index (κ2) is 26.9. The maximum absolute atomic E-state index is 13.8. The number of hydrogen-bond acceptors (Lipinski definition) is 14. The standard InChI is InChI=1S/2C31H22N6O2.C16H8N4O2.C14H9N3O/c38-30-34(24-14-5-1-10-20(24)28-32-22-12-3-7-16-26(22)36(28)30)18-9-19-35-25-15-6-2-11-21(25)29-33-23-13-4-8-17-27(23)37(29)31(35)39;38-29-21-11-2-5-14-24(21)36-27-17-8-7-16-26(27)34(30(36)33-29)18-9-19-35-23-13-4-1-10-20(23)28-32-22-12-3-6-15-25(22)37(28)31(35)39;21-15-13-14(19-16(22)20-15)18-12-9-6-2-4-7-3-1-5-8(10(7)9)11(12)17-13;18-14-16-10-6-2-1-5-9(10)13-15-11-7-3-4-8-12(11)17(13)14/h2*1-8,10-17H,9,18-19H2;1-6H,(H2,18,19,20,21,22);1-8H,(H,16,18). The summed E-state index contributed by atoms with van der Waals surface area (Å²) in [5.41, 5.74) is 15.1. The van der Waals surface area contributed by atoms with Crippen LogP contribution in [0.15, 0.2) is 313 Å². The lowest BCUT2D eigenvalue weighted by molar-refractivity contribution is 0.549. The van der Waals surface area contributed by atoms with Gasteiger partial charge in [-0.2, -0.15) is 9.97 Å². The molecule has 0 atom stereocenters. The van der Waals surface area contributed by atoms with E-state index < -0.39 is 11.2 Å². The number of rotatable bonds is 8. The molecule has 0 saturated heterocycles. The number of aromatic nitrogens is 19. The number of hydrogen-bond donors (Lipinski definition) is 3. The molecule has 12 aromatic heterocycles. The number of imidazole rings is 5. The van der Waals surface area contributed by atoms with Crippen molar-refractivity contribution in [3.63, 3.8) is 0 Å². The average molecular weight is 1540 g/mol. The van der Waals surface area contributed by atoms with Crippen molar-refractivity contribution in [1.82, 2.24) is 90.1 Å². The normalized spacial score (nSPS) is 12.0. The van der Waals surface area contributed by atoms with E-state index in [1.54, 1.807) is 26.7 Å². The second-order valence-corrected chi connectivity index (χ2v) is 29.0. The molecule has 13 aromatic carbocycles. The third kappa shape index (κ3) is 10.7. The molecule has 3 N–H and O–H groups in total. The zero-order valence-electron chi connectivity index (χ0n) is 62.3. The summed E-state index contributed by atoms with van der Waals surface area (Å²) in [6.45, 7) is 1.99. The Morgan fingerprint density at radius 3 is 1.17 bits per heavy atom. The van der Waals surface area contributed by atoms with Crippen LogP contribution in [0.4, 0.5) is 0 Å². The van der Waals surface area contributed by atoms with Crippen molar-refractivity contribution in [3.05, 3.63) is 352 Å². The lowest BCUT2D eigenvalue weighted by atomic mass is 10.1. The summed E-state index contributed by atoms with van der Waals surface area (Å²) in [6, 6.07) is 89.7. The van der Waals surface area contributed by atoms with Crippen LogP contribution in [0.5, 0.6) is 0 Å². The first-order chi connectivity index (χ1) is 58.0. The smallest absolute Gasteiger partial charge is 0.336 e. The van der Waals surface area contributed by atoms with E-state index in [2.05, 4.69) is 49.9 Å². The molecular weight excluding hydrogens is 1480 g/mol. The number of aryl methyl sites for hydroxylation is 4. The van der Waals surface area contributed by atoms with E-state index in [4.69, 9.17) is 15.0 Å². The number of benzene rings is 12. The molecule has 566 valence electrons. The van der Waals surface area contributed by atoms with Gasteiger partial charge in [0.15, 0.2) is 33.8 Å². The number of aromatic amines is 3. The molecule has 25 rings (SSSR count). The molecule has 0 saturated carbocycles. The van der Waals surface area contributed by atoms with Gasteiger partial charge in [-0.05, 0) is 140 Å². The van der Waals surface area contributed by atoms with Crippen LogP contribution >= 0.6 is 0 Å². The maximum atomic E-state index is 13.8. The van der Waals surface area contributed by atoms with Crippen LogP contribution in [0.25, 0.3) is 182 Å². The molecule has 0 spiro atoms. The lowest BCUT2D eigenvalue weighted by Gasteiger charge is -2.14. The SMILES string of the molecule is O=c1[nH]c2ccccc2c2nc3ccccc3n12.O=c1n(CCCn2c(=O)n3c4ccccc4nc3c3ccccc32)c2ccccc2c2nc3ccccc3n12.O=c1nc2[nH]c3c4cccc5cccc(c3nc2c(=O)[nH]1)c54.O=c1nc2n(CCCn3c(=O)n4c5ccccc5nc4c4ccccc43)c3ccccc3n2c2ccccc12. The Bertz CT molecular complexity index is 8850. The Balaban J connectivity index is 0.0000000994. The Kier molecular flexibility index (Phi) is 15.6. The molecule has 0 radical (unpaired) electrons. The molecule has 0 aliphatic heterocycles. The van der Waals surface area contributed by atoms with E-state index in [0.29, 0.717) is 78.3 Å². The highest BCUT2D eigenvalue weighted by atomic mass is 16.2. The van der Waals surface area contributed by atoms with Gasteiger partial charge in [0.25, 0.3) is 11.1 Å². The molecule has 25 aromatic rings. The summed E-state index contributed by atoms with van der Waals surface area (Å²) in [5, 5.41) is 8.51. The Hall–Kier alpha value is -16.4. The van der Waals surface area contributed by atoms with Gasteiger partial charge in [-0.1, -0.05) is 158 Å². The van der Waals surface area contributed by atoms with Crippen LogP contribution in [-0.4, -0.2) is 90.1 Å². The first-order valence-corrected chi connectivity index (χ1v) is 38.5. The molecule has 0 aliphatic carbocycles. The Morgan fingerprint density at radius 2 is 0.661 bits per heavy atom. The van der Waals surface area contributed by atoms with E-state index in [1.165, 1.54) is 0 Å². The molecule has 26 heteroatoms. The van der Waals surface area contributed by atoms with Gasteiger partial charge in [-0.25, -0.2) is 66.5 Å². The topological polar surface area (TPSA) is 299 Å². The molecule has 0 bridgehead atoms. The maximum Gasteiger partial charge on any atom is 0.349 e. The highest BCUT2D eigenvalue weighted by Gasteiger charge is 2.23. The fourth-order valence-electron chi connectivity index (χ4n) is 17.3. The van der Waals surface area contributed by atoms with E-state index >= 15 is 0 Å². The third-order valence-electron chi connectivity index (χ3n) is 22.4. The first-order valence-electron chi connectivity index (χ1n) is 38.5. The van der Waals surface area contributed by atoms with Gasteiger partial charge in [0, 0.05) is 63.9 Å². The van der Waals surface area contributed by atoms with Gasteiger partial charge >= 0.3 is 28.4 Å². The largest absolute Gasteiger partial charge is 0.349 e. The second-order valence-electron chi connectivity index (χ2n) is 29.0. The fourth-order valence-corrected chi connectivity index (χ4v) is 17.3. The Labute approximate surface area is 659 Å². The van der Waals surface area contributed by atoms with E-state index in [9.17, 15) is 33.6 Å². The van der Waals surface area contributed by atoms with Crippen LogP contribution in [0.3, 0.4) is 0 Å². The predicted octanol–water partition coefficient (Wildman–Crippen LogP) is 14.2. The summed E-state index contributed by atoms with van der Waals surface area (Å²) < 4.78 is 16.3. The van der Waals surface area contributed by atoms with Crippen molar-refractivity contribution in [3.8, 4) is 0 Å². The Morgan fingerprint density at radius 1 is 0.271 bits per heavy atom. The van der Waals surface area contributed by atoms with Crippen molar-refractivity contribution in [2.75, 3.05) is 0 Å².